The number of hydrogen-bond acceptors (Lipinski definition) is 2. The predicted octanol–water partition coefficient (Wildman–Crippen LogP) is 0.886. The first-order chi connectivity index (χ1) is 5.24. The topological polar surface area (TPSA) is 46.2 Å². The average molecular weight is 155 g/mol. The van der Waals surface area contributed by atoms with Gasteiger partial charge in [0.15, 0.2) is 0 Å². The van der Waals surface area contributed by atoms with Gasteiger partial charge in [-0.15, -0.1) is 0 Å². The third-order valence-corrected chi connectivity index (χ3v) is 3.52. The minimum Gasteiger partial charge on any atom is -0.390 e. The molecule has 2 fully saturated rings. The first-order valence-corrected chi connectivity index (χ1v) is 4.67. The molecule has 2 heteroatoms. The van der Waals surface area contributed by atoms with E-state index in [0.717, 1.165) is 18.8 Å². The summed E-state index contributed by atoms with van der Waals surface area (Å²) in [5.74, 6) is 1.40. The van der Waals surface area contributed by atoms with Crippen molar-refractivity contribution < 1.29 is 5.11 Å². The Morgan fingerprint density at radius 3 is 2.73 bits per heavy atom. The third-order valence-electron chi connectivity index (χ3n) is 3.52. The molecule has 3 N–H and O–H groups in total. The highest BCUT2D eigenvalue weighted by Gasteiger charge is 2.48. The van der Waals surface area contributed by atoms with Crippen LogP contribution in [0.1, 0.15) is 32.1 Å². The van der Waals surface area contributed by atoms with Gasteiger partial charge in [0.05, 0.1) is 5.60 Å². The minimum absolute atomic E-state index is 0.363. The Bertz CT molecular complexity index is 160. The quantitative estimate of drug-likeness (QED) is 0.622. The molecule has 0 aliphatic heterocycles. The Hall–Kier alpha value is -0.0800. The van der Waals surface area contributed by atoms with Gasteiger partial charge < -0.3 is 10.8 Å². The summed E-state index contributed by atoms with van der Waals surface area (Å²) in [5, 5.41) is 10.1. The molecule has 2 saturated carbocycles. The molecule has 0 amide bonds. The lowest BCUT2D eigenvalue weighted by Crippen LogP contribution is -2.37. The molecular weight excluding hydrogens is 138 g/mol. The Kier molecular flexibility index (Phi) is 1.69. The molecular formula is C9H17NO. The highest BCUT2D eigenvalue weighted by atomic mass is 16.3. The summed E-state index contributed by atoms with van der Waals surface area (Å²) >= 11 is 0. The van der Waals surface area contributed by atoms with Crippen molar-refractivity contribution in [3.8, 4) is 0 Å². The molecule has 0 radical (unpaired) electrons. The highest BCUT2D eigenvalue weighted by Crippen LogP contribution is 2.51. The zero-order valence-electron chi connectivity index (χ0n) is 6.92. The minimum atomic E-state index is -0.363. The van der Waals surface area contributed by atoms with E-state index < -0.39 is 0 Å². The van der Waals surface area contributed by atoms with E-state index in [2.05, 4.69) is 0 Å². The lowest BCUT2D eigenvalue weighted by Gasteiger charge is -2.31. The maximum Gasteiger partial charge on any atom is 0.0690 e. The second-order valence-electron chi connectivity index (χ2n) is 4.22. The average Bonchev–Trinajstić information content (AvgIpc) is 2.45. The van der Waals surface area contributed by atoms with Crippen LogP contribution in [0.3, 0.4) is 0 Å². The normalized spacial score (nSPS) is 48.5. The molecule has 0 saturated heterocycles. The Labute approximate surface area is 67.8 Å². The zero-order valence-corrected chi connectivity index (χ0v) is 6.92. The van der Waals surface area contributed by atoms with Crippen LogP contribution in [-0.2, 0) is 0 Å². The van der Waals surface area contributed by atoms with Gasteiger partial charge in [-0.25, -0.2) is 0 Å². The molecule has 0 aromatic heterocycles. The van der Waals surface area contributed by atoms with Crippen LogP contribution in [0.25, 0.3) is 0 Å². The van der Waals surface area contributed by atoms with Crippen LogP contribution < -0.4 is 5.73 Å². The van der Waals surface area contributed by atoms with E-state index >= 15 is 0 Å². The number of fused-ring (bicyclic) bond motifs is 2. The van der Waals surface area contributed by atoms with Crippen molar-refractivity contribution in [3.63, 3.8) is 0 Å². The van der Waals surface area contributed by atoms with Gasteiger partial charge in [0.2, 0.25) is 0 Å². The molecule has 0 aromatic rings. The van der Waals surface area contributed by atoms with E-state index in [1.807, 2.05) is 0 Å². The Morgan fingerprint density at radius 2 is 2.27 bits per heavy atom. The van der Waals surface area contributed by atoms with Gasteiger partial charge in [0.25, 0.3) is 0 Å². The van der Waals surface area contributed by atoms with Gasteiger partial charge in [-0.1, -0.05) is 0 Å². The molecule has 2 nitrogen and oxygen atoms in total. The standard InChI is InChI=1S/C9H17NO/c10-4-3-9(11)6-7-1-2-8(9)5-7/h7-8,11H,1-6,10H2. The van der Waals surface area contributed by atoms with Crippen molar-refractivity contribution in [3.05, 3.63) is 0 Å². The summed E-state index contributed by atoms with van der Waals surface area (Å²) in [6.07, 6.45) is 5.68. The molecule has 2 bridgehead atoms. The fourth-order valence-electron chi connectivity index (χ4n) is 2.97. The maximum atomic E-state index is 10.1. The number of nitrogens with two attached hydrogens (primary N) is 1. The zero-order chi connectivity index (χ0) is 7.90. The van der Waals surface area contributed by atoms with Crippen LogP contribution in [0.15, 0.2) is 0 Å². The number of aliphatic hydroxyl groups is 1. The molecule has 2 rings (SSSR count). The molecule has 0 heterocycles. The number of rotatable bonds is 2. The number of hydrogen-bond donors (Lipinski definition) is 2. The highest BCUT2D eigenvalue weighted by molar-refractivity contribution is 5.00. The fraction of sp³-hybridized carbons (Fsp3) is 1.00. The fourth-order valence-corrected chi connectivity index (χ4v) is 2.97. The summed E-state index contributed by atoms with van der Waals surface area (Å²) in [6.45, 7) is 0.639. The van der Waals surface area contributed by atoms with Crippen molar-refractivity contribution >= 4 is 0 Å². The smallest absolute Gasteiger partial charge is 0.0690 e. The van der Waals surface area contributed by atoms with Gasteiger partial charge in [-0.3, -0.25) is 0 Å². The maximum absolute atomic E-state index is 10.1. The largest absolute Gasteiger partial charge is 0.390 e. The molecule has 3 atom stereocenters. The molecule has 2 aliphatic rings. The lowest BCUT2D eigenvalue weighted by molar-refractivity contribution is -0.0182. The Balaban J connectivity index is 2.04. The van der Waals surface area contributed by atoms with E-state index in [1.54, 1.807) is 0 Å². The summed E-state index contributed by atoms with van der Waals surface area (Å²) < 4.78 is 0. The van der Waals surface area contributed by atoms with Gasteiger partial charge >= 0.3 is 0 Å². The third kappa shape index (κ3) is 1.09. The van der Waals surface area contributed by atoms with Crippen LogP contribution in [0.5, 0.6) is 0 Å². The molecule has 3 unspecified atom stereocenters. The van der Waals surface area contributed by atoms with Gasteiger partial charge in [-0.05, 0) is 50.5 Å². The summed E-state index contributed by atoms with van der Waals surface area (Å²) in [6, 6.07) is 0. The van der Waals surface area contributed by atoms with E-state index in [0.29, 0.717) is 12.5 Å². The molecule has 11 heavy (non-hydrogen) atoms. The second-order valence-corrected chi connectivity index (χ2v) is 4.22. The van der Waals surface area contributed by atoms with Gasteiger partial charge in [0.1, 0.15) is 0 Å². The lowest BCUT2D eigenvalue weighted by atomic mass is 9.82. The van der Waals surface area contributed by atoms with Crippen LogP contribution in [-0.4, -0.2) is 17.3 Å². The van der Waals surface area contributed by atoms with E-state index in [1.165, 1.54) is 19.3 Å². The monoisotopic (exact) mass is 155 g/mol. The van der Waals surface area contributed by atoms with Crippen LogP contribution >= 0.6 is 0 Å². The van der Waals surface area contributed by atoms with Gasteiger partial charge in [-0.2, -0.15) is 0 Å². The van der Waals surface area contributed by atoms with Crippen molar-refractivity contribution in [2.45, 2.75) is 37.7 Å². The Morgan fingerprint density at radius 1 is 1.45 bits per heavy atom. The van der Waals surface area contributed by atoms with Crippen LogP contribution in [0.2, 0.25) is 0 Å². The summed E-state index contributed by atoms with van der Waals surface area (Å²) in [4.78, 5) is 0. The predicted molar refractivity (Wildman–Crippen MR) is 44.1 cm³/mol. The summed E-state index contributed by atoms with van der Waals surface area (Å²) in [7, 11) is 0. The van der Waals surface area contributed by atoms with Crippen molar-refractivity contribution in [1.82, 2.24) is 0 Å². The van der Waals surface area contributed by atoms with E-state index in [-0.39, 0.29) is 5.60 Å². The molecule has 0 spiro atoms. The molecule has 2 aliphatic carbocycles. The second kappa shape index (κ2) is 2.46. The van der Waals surface area contributed by atoms with Crippen LogP contribution in [0, 0.1) is 11.8 Å². The SMILES string of the molecule is NCCC1(O)CC2CCC1C2. The summed E-state index contributed by atoms with van der Waals surface area (Å²) in [5.41, 5.74) is 5.10. The van der Waals surface area contributed by atoms with E-state index in [9.17, 15) is 5.11 Å². The first-order valence-electron chi connectivity index (χ1n) is 4.67. The van der Waals surface area contributed by atoms with Crippen molar-refractivity contribution in [1.29, 1.82) is 0 Å². The van der Waals surface area contributed by atoms with Crippen molar-refractivity contribution in [2.75, 3.05) is 6.54 Å². The molecule has 64 valence electrons. The van der Waals surface area contributed by atoms with Crippen LogP contribution in [0.4, 0.5) is 0 Å². The van der Waals surface area contributed by atoms with Crippen molar-refractivity contribution in [2.24, 2.45) is 17.6 Å². The van der Waals surface area contributed by atoms with Gasteiger partial charge in [0, 0.05) is 0 Å². The van der Waals surface area contributed by atoms with E-state index in [4.69, 9.17) is 5.73 Å². The molecule has 0 aromatic carbocycles. The first kappa shape index (κ1) is 7.56.